The number of aryl methyl sites for hydroxylation is 1. The Morgan fingerprint density at radius 2 is 1.93 bits per heavy atom. The van der Waals surface area contributed by atoms with E-state index in [0.717, 1.165) is 30.5 Å². The minimum atomic E-state index is -0.292. The van der Waals surface area contributed by atoms with E-state index in [4.69, 9.17) is 4.74 Å². The highest BCUT2D eigenvalue weighted by Crippen LogP contribution is 2.23. The van der Waals surface area contributed by atoms with Gasteiger partial charge in [0.25, 0.3) is 5.91 Å². The van der Waals surface area contributed by atoms with Gasteiger partial charge in [-0.2, -0.15) is 5.10 Å². The van der Waals surface area contributed by atoms with Crippen molar-refractivity contribution in [1.82, 2.24) is 14.7 Å². The van der Waals surface area contributed by atoms with Gasteiger partial charge in [-0.15, -0.1) is 0 Å². The first kappa shape index (κ1) is 20.3. The second-order valence-electron chi connectivity index (χ2n) is 7.81. The summed E-state index contributed by atoms with van der Waals surface area (Å²) in [5.74, 6) is 0.0159. The van der Waals surface area contributed by atoms with Gasteiger partial charge in [0.15, 0.2) is 0 Å². The average molecular weight is 407 g/mol. The molecule has 0 spiro atoms. The molecule has 1 aromatic heterocycles. The number of amides is 1. The first-order valence-electron chi connectivity index (χ1n) is 10.3. The van der Waals surface area contributed by atoms with Crippen molar-refractivity contribution in [2.45, 2.75) is 19.4 Å². The van der Waals surface area contributed by atoms with Crippen molar-refractivity contribution in [3.05, 3.63) is 77.7 Å². The van der Waals surface area contributed by atoms with E-state index in [0.29, 0.717) is 37.1 Å². The maximum Gasteiger partial charge on any atom is 0.272 e. The molecule has 1 aliphatic heterocycles. The molecule has 30 heavy (non-hydrogen) atoms. The summed E-state index contributed by atoms with van der Waals surface area (Å²) >= 11 is 0. The van der Waals surface area contributed by atoms with Gasteiger partial charge in [0, 0.05) is 25.7 Å². The molecular weight excluding hydrogens is 381 g/mol. The van der Waals surface area contributed by atoms with Crippen molar-refractivity contribution in [1.29, 1.82) is 0 Å². The monoisotopic (exact) mass is 407 g/mol. The van der Waals surface area contributed by atoms with Crippen LogP contribution in [0.5, 0.6) is 0 Å². The van der Waals surface area contributed by atoms with Crippen molar-refractivity contribution >= 4 is 5.91 Å². The quantitative estimate of drug-likeness (QED) is 0.612. The highest BCUT2D eigenvalue weighted by Gasteiger charge is 2.27. The van der Waals surface area contributed by atoms with Crippen molar-refractivity contribution in [2.75, 3.05) is 19.7 Å². The van der Waals surface area contributed by atoms with Crippen LogP contribution in [0.2, 0.25) is 0 Å². The van der Waals surface area contributed by atoms with Gasteiger partial charge in [-0.05, 0) is 54.7 Å². The Bertz CT molecular complexity index is 985. The average Bonchev–Trinajstić information content (AvgIpc) is 3.16. The van der Waals surface area contributed by atoms with Gasteiger partial charge in [-0.1, -0.05) is 30.3 Å². The maximum atomic E-state index is 13.2. The maximum absolute atomic E-state index is 13.2. The Hall–Kier alpha value is -2.99. The summed E-state index contributed by atoms with van der Waals surface area (Å²) in [7, 11) is 1.77. The number of piperidine rings is 1. The fraction of sp³-hybridized carbons (Fsp3) is 0.333. The molecule has 0 aliphatic carbocycles. The molecule has 1 atom stereocenters. The molecule has 0 saturated carbocycles. The molecule has 6 heteroatoms. The minimum absolute atomic E-state index is 0.0221. The van der Waals surface area contributed by atoms with Gasteiger partial charge in [-0.25, -0.2) is 4.39 Å². The molecule has 156 valence electrons. The van der Waals surface area contributed by atoms with Crippen molar-refractivity contribution < 1.29 is 13.9 Å². The van der Waals surface area contributed by atoms with Crippen LogP contribution in [0, 0.1) is 11.7 Å². The zero-order chi connectivity index (χ0) is 20.9. The normalized spacial score (nSPS) is 16.6. The minimum Gasteiger partial charge on any atom is -0.376 e. The number of carbonyl (C=O) groups is 1. The summed E-state index contributed by atoms with van der Waals surface area (Å²) in [5.41, 5.74) is 3.15. The summed E-state index contributed by atoms with van der Waals surface area (Å²) < 4.78 is 20.7. The lowest BCUT2D eigenvalue weighted by Gasteiger charge is -2.32. The van der Waals surface area contributed by atoms with Crippen LogP contribution in [0.15, 0.2) is 60.7 Å². The molecule has 0 bridgehead atoms. The SMILES string of the molecule is Cn1nc(-c2ccc(F)cc2)cc1C(=O)N1CCC[C@@H](COCc2ccccc2)C1. The molecule has 2 heterocycles. The van der Waals surface area contributed by atoms with Crippen LogP contribution >= 0.6 is 0 Å². The number of nitrogens with zero attached hydrogens (tertiary/aromatic N) is 3. The van der Waals surface area contributed by atoms with E-state index in [-0.39, 0.29) is 11.7 Å². The van der Waals surface area contributed by atoms with Crippen LogP contribution in [0.1, 0.15) is 28.9 Å². The van der Waals surface area contributed by atoms with Gasteiger partial charge < -0.3 is 9.64 Å². The summed E-state index contributed by atoms with van der Waals surface area (Å²) in [4.78, 5) is 15.0. The predicted octanol–water partition coefficient (Wildman–Crippen LogP) is 4.30. The zero-order valence-electron chi connectivity index (χ0n) is 17.1. The first-order chi connectivity index (χ1) is 14.6. The fourth-order valence-corrected chi connectivity index (χ4v) is 3.89. The molecular formula is C24H26FN3O2. The third-order valence-electron chi connectivity index (χ3n) is 5.51. The van der Waals surface area contributed by atoms with Crippen LogP contribution in [0.25, 0.3) is 11.3 Å². The lowest BCUT2D eigenvalue weighted by molar-refractivity contribution is 0.0419. The Balaban J connectivity index is 1.37. The number of hydrogen-bond donors (Lipinski definition) is 0. The van der Waals surface area contributed by atoms with E-state index in [9.17, 15) is 9.18 Å². The number of halogens is 1. The van der Waals surface area contributed by atoms with Crippen molar-refractivity contribution in [3.8, 4) is 11.3 Å². The number of likely N-dealkylation sites (tertiary alicyclic amines) is 1. The molecule has 1 amide bonds. The van der Waals surface area contributed by atoms with Crippen LogP contribution in [0.4, 0.5) is 4.39 Å². The first-order valence-corrected chi connectivity index (χ1v) is 10.3. The van der Waals surface area contributed by atoms with Crippen molar-refractivity contribution in [3.63, 3.8) is 0 Å². The second kappa shape index (κ2) is 9.22. The number of carbonyl (C=O) groups excluding carboxylic acids is 1. The second-order valence-corrected chi connectivity index (χ2v) is 7.81. The molecule has 2 aromatic carbocycles. The molecule has 4 rings (SSSR count). The Kier molecular flexibility index (Phi) is 6.23. The fourth-order valence-electron chi connectivity index (χ4n) is 3.89. The highest BCUT2D eigenvalue weighted by molar-refractivity contribution is 5.93. The number of rotatable bonds is 6. The topological polar surface area (TPSA) is 47.4 Å². The van der Waals surface area contributed by atoms with Gasteiger partial charge in [0.1, 0.15) is 11.5 Å². The van der Waals surface area contributed by atoms with E-state index in [1.807, 2.05) is 23.1 Å². The van der Waals surface area contributed by atoms with E-state index in [1.54, 1.807) is 29.9 Å². The third-order valence-corrected chi connectivity index (χ3v) is 5.51. The van der Waals surface area contributed by atoms with Gasteiger partial charge in [0.2, 0.25) is 0 Å². The molecule has 0 unspecified atom stereocenters. The Morgan fingerprint density at radius 3 is 2.70 bits per heavy atom. The molecule has 3 aromatic rings. The van der Waals surface area contributed by atoms with E-state index in [1.165, 1.54) is 12.1 Å². The summed E-state index contributed by atoms with van der Waals surface area (Å²) in [6, 6.07) is 18.0. The molecule has 1 aliphatic rings. The van der Waals surface area contributed by atoms with Crippen LogP contribution < -0.4 is 0 Å². The van der Waals surface area contributed by atoms with Crippen LogP contribution in [0.3, 0.4) is 0 Å². The third kappa shape index (κ3) is 4.76. The molecule has 0 radical (unpaired) electrons. The number of aromatic nitrogens is 2. The molecule has 0 N–H and O–H groups in total. The number of benzene rings is 2. The summed E-state index contributed by atoms with van der Waals surface area (Å²) in [5, 5.41) is 4.45. The molecule has 1 fully saturated rings. The lowest BCUT2D eigenvalue weighted by atomic mass is 9.98. The predicted molar refractivity (Wildman–Crippen MR) is 113 cm³/mol. The summed E-state index contributed by atoms with van der Waals surface area (Å²) in [6.45, 7) is 2.66. The van der Waals surface area contributed by atoms with E-state index >= 15 is 0 Å². The molecule has 1 saturated heterocycles. The Labute approximate surface area is 176 Å². The van der Waals surface area contributed by atoms with Gasteiger partial charge in [-0.3, -0.25) is 9.48 Å². The smallest absolute Gasteiger partial charge is 0.272 e. The van der Waals surface area contributed by atoms with Crippen molar-refractivity contribution in [2.24, 2.45) is 13.0 Å². The largest absolute Gasteiger partial charge is 0.376 e. The standard InChI is InChI=1S/C24H26FN3O2/c1-27-23(14-22(26-27)20-9-11-21(25)12-10-20)24(29)28-13-5-8-19(15-28)17-30-16-18-6-3-2-4-7-18/h2-4,6-7,9-12,14,19H,5,8,13,15-17H2,1H3/t19-/m1/s1. The Morgan fingerprint density at radius 1 is 1.17 bits per heavy atom. The van der Waals surface area contributed by atoms with Gasteiger partial charge in [0.05, 0.1) is 18.9 Å². The number of ether oxygens (including phenoxy) is 1. The zero-order valence-corrected chi connectivity index (χ0v) is 17.1. The molecule has 5 nitrogen and oxygen atoms in total. The van der Waals surface area contributed by atoms with E-state index < -0.39 is 0 Å². The lowest BCUT2D eigenvalue weighted by Crippen LogP contribution is -2.41. The number of hydrogen-bond acceptors (Lipinski definition) is 3. The van der Waals surface area contributed by atoms with Crippen LogP contribution in [-0.4, -0.2) is 40.3 Å². The van der Waals surface area contributed by atoms with E-state index in [2.05, 4.69) is 17.2 Å². The van der Waals surface area contributed by atoms with Gasteiger partial charge >= 0.3 is 0 Å². The highest BCUT2D eigenvalue weighted by atomic mass is 19.1. The van der Waals surface area contributed by atoms with Crippen LogP contribution in [-0.2, 0) is 18.4 Å². The summed E-state index contributed by atoms with van der Waals surface area (Å²) in [6.07, 6.45) is 2.03.